The Bertz CT molecular complexity index is 654. The van der Waals surface area contributed by atoms with Crippen LogP contribution in [0.4, 0.5) is 22.0 Å². The fourth-order valence-electron chi connectivity index (χ4n) is 1.63. The highest BCUT2D eigenvalue weighted by atomic mass is 19.2. The lowest BCUT2D eigenvalue weighted by Crippen LogP contribution is -2.03. The summed E-state index contributed by atoms with van der Waals surface area (Å²) in [5.74, 6) is -7.60. The van der Waals surface area contributed by atoms with E-state index in [1.165, 1.54) is 0 Å². The molecular formula is C14H7F5O2. The third kappa shape index (κ3) is 3.18. The first-order chi connectivity index (χ1) is 9.92. The topological polar surface area (TPSA) is 26.3 Å². The van der Waals surface area contributed by atoms with Crippen LogP contribution in [-0.4, -0.2) is 6.29 Å². The van der Waals surface area contributed by atoms with Gasteiger partial charge in [0.2, 0.25) is 0 Å². The second-order valence-corrected chi connectivity index (χ2v) is 4.09. The number of aldehydes is 1. The molecule has 0 aliphatic rings. The van der Waals surface area contributed by atoms with Gasteiger partial charge in [0.1, 0.15) is 12.9 Å². The molecule has 0 atom stereocenters. The van der Waals surface area contributed by atoms with Crippen LogP contribution >= 0.6 is 0 Å². The summed E-state index contributed by atoms with van der Waals surface area (Å²) in [5, 5.41) is 0. The Balaban J connectivity index is 2.22. The highest BCUT2D eigenvalue weighted by Crippen LogP contribution is 2.24. The molecule has 0 aromatic heterocycles. The zero-order valence-corrected chi connectivity index (χ0v) is 10.3. The monoisotopic (exact) mass is 302 g/mol. The summed E-state index contributed by atoms with van der Waals surface area (Å²) in [4.78, 5) is 10.4. The number of ether oxygens (including phenoxy) is 1. The van der Waals surface area contributed by atoms with Gasteiger partial charge in [0.05, 0.1) is 0 Å². The van der Waals surface area contributed by atoms with Crippen molar-refractivity contribution in [1.82, 2.24) is 0 Å². The van der Waals surface area contributed by atoms with Gasteiger partial charge in [-0.15, -0.1) is 0 Å². The van der Waals surface area contributed by atoms with Crippen molar-refractivity contribution in [1.29, 1.82) is 0 Å². The van der Waals surface area contributed by atoms with Crippen LogP contribution in [-0.2, 0) is 6.61 Å². The first-order valence-corrected chi connectivity index (χ1v) is 5.63. The number of hydrogen-bond donors (Lipinski definition) is 0. The van der Waals surface area contributed by atoms with Gasteiger partial charge in [-0.3, -0.25) is 4.79 Å². The highest BCUT2D eigenvalue weighted by molar-refractivity contribution is 5.75. The maximum atomic E-state index is 13.5. The molecule has 0 aliphatic carbocycles. The van der Waals surface area contributed by atoms with Crippen LogP contribution in [0.5, 0.6) is 5.75 Å². The van der Waals surface area contributed by atoms with Crippen molar-refractivity contribution < 1.29 is 31.5 Å². The summed E-state index contributed by atoms with van der Waals surface area (Å²) in [6, 6.07) is 2.79. The van der Waals surface area contributed by atoms with Gasteiger partial charge < -0.3 is 4.74 Å². The van der Waals surface area contributed by atoms with Crippen molar-refractivity contribution in [2.45, 2.75) is 6.61 Å². The zero-order chi connectivity index (χ0) is 15.6. The second kappa shape index (κ2) is 5.90. The van der Waals surface area contributed by atoms with E-state index in [0.717, 1.165) is 12.1 Å². The lowest BCUT2D eigenvalue weighted by molar-refractivity contribution is 0.112. The number of halogens is 5. The first-order valence-electron chi connectivity index (χ1n) is 5.63. The molecule has 2 aromatic carbocycles. The molecule has 0 bridgehead atoms. The molecule has 0 fully saturated rings. The molecule has 7 heteroatoms. The third-order valence-corrected chi connectivity index (χ3v) is 2.58. The molecule has 0 saturated carbocycles. The van der Waals surface area contributed by atoms with Gasteiger partial charge in [0.15, 0.2) is 34.8 Å². The van der Waals surface area contributed by atoms with E-state index in [2.05, 4.69) is 0 Å². The van der Waals surface area contributed by atoms with E-state index in [1.54, 1.807) is 0 Å². The van der Waals surface area contributed by atoms with Crippen LogP contribution in [0.2, 0.25) is 0 Å². The van der Waals surface area contributed by atoms with Crippen molar-refractivity contribution in [2.24, 2.45) is 0 Å². The van der Waals surface area contributed by atoms with Gasteiger partial charge in [0.25, 0.3) is 0 Å². The molecule has 0 saturated heterocycles. The summed E-state index contributed by atoms with van der Waals surface area (Å²) in [7, 11) is 0. The number of carbonyl (C=O) groups excluding carboxylic acids is 1. The second-order valence-electron chi connectivity index (χ2n) is 4.09. The fourth-order valence-corrected chi connectivity index (χ4v) is 1.63. The molecule has 0 N–H and O–H groups in total. The van der Waals surface area contributed by atoms with Crippen LogP contribution in [0.15, 0.2) is 24.3 Å². The zero-order valence-electron chi connectivity index (χ0n) is 10.3. The van der Waals surface area contributed by atoms with Crippen LogP contribution in [0.1, 0.15) is 15.9 Å². The Morgan fingerprint density at radius 3 is 1.86 bits per heavy atom. The third-order valence-electron chi connectivity index (χ3n) is 2.58. The molecule has 0 unspecified atom stereocenters. The highest BCUT2D eigenvalue weighted by Gasteiger charge is 2.15. The predicted octanol–water partition coefficient (Wildman–Crippen LogP) is 3.77. The molecule has 2 aromatic rings. The van der Waals surface area contributed by atoms with Crippen molar-refractivity contribution in [2.75, 3.05) is 0 Å². The van der Waals surface area contributed by atoms with Gasteiger partial charge in [-0.1, -0.05) is 0 Å². The Hall–Kier alpha value is -2.44. The maximum Gasteiger partial charge on any atom is 0.194 e. The first kappa shape index (κ1) is 15.0. The molecule has 0 spiro atoms. The number of carbonyl (C=O) groups is 1. The number of benzene rings is 2. The molecule has 110 valence electrons. The predicted molar refractivity (Wildman–Crippen MR) is 62.4 cm³/mol. The summed E-state index contributed by atoms with van der Waals surface area (Å²) in [6.07, 6.45) is 0.251. The van der Waals surface area contributed by atoms with Crippen molar-refractivity contribution in [3.05, 3.63) is 64.5 Å². The summed E-state index contributed by atoms with van der Waals surface area (Å²) < 4.78 is 70.4. The standard InChI is InChI=1S/C14H7F5O2/c15-9-3-8(4-10(16)13(9)19)6-21-14-11(17)1-7(5-20)2-12(14)18/h1-5H,6H2. The SMILES string of the molecule is O=Cc1cc(F)c(OCc2cc(F)c(F)c(F)c2)c(F)c1. The lowest BCUT2D eigenvalue weighted by atomic mass is 10.2. The molecule has 0 amide bonds. The van der Waals surface area contributed by atoms with E-state index in [1.807, 2.05) is 0 Å². The summed E-state index contributed by atoms with van der Waals surface area (Å²) in [5.41, 5.74) is -0.374. The van der Waals surface area contributed by atoms with E-state index < -0.39 is 41.4 Å². The fraction of sp³-hybridized carbons (Fsp3) is 0.0714. The van der Waals surface area contributed by atoms with Crippen molar-refractivity contribution in [3.8, 4) is 5.75 Å². The molecule has 0 heterocycles. The van der Waals surface area contributed by atoms with Gasteiger partial charge in [-0.25, -0.2) is 22.0 Å². The number of rotatable bonds is 4. The maximum absolute atomic E-state index is 13.5. The minimum absolute atomic E-state index is 0.148. The Morgan fingerprint density at radius 1 is 0.857 bits per heavy atom. The van der Waals surface area contributed by atoms with Gasteiger partial charge in [-0.05, 0) is 29.8 Å². The van der Waals surface area contributed by atoms with Crippen LogP contribution in [0.3, 0.4) is 0 Å². The molecule has 21 heavy (non-hydrogen) atoms. The van der Waals surface area contributed by atoms with Crippen LogP contribution in [0, 0.1) is 29.1 Å². The number of hydrogen-bond acceptors (Lipinski definition) is 2. The molecule has 2 nitrogen and oxygen atoms in total. The molecule has 0 aliphatic heterocycles. The van der Waals surface area contributed by atoms with Gasteiger partial charge in [0, 0.05) is 5.56 Å². The minimum Gasteiger partial charge on any atom is -0.483 e. The van der Waals surface area contributed by atoms with E-state index in [-0.39, 0.29) is 17.4 Å². The lowest BCUT2D eigenvalue weighted by Gasteiger charge is -2.09. The average Bonchev–Trinajstić information content (AvgIpc) is 2.43. The minimum atomic E-state index is -1.65. The quantitative estimate of drug-likeness (QED) is 0.488. The van der Waals surface area contributed by atoms with Crippen molar-refractivity contribution >= 4 is 6.29 Å². The van der Waals surface area contributed by atoms with Crippen molar-refractivity contribution in [3.63, 3.8) is 0 Å². The Labute approximate surface area is 115 Å². The smallest absolute Gasteiger partial charge is 0.194 e. The van der Waals surface area contributed by atoms with Gasteiger partial charge >= 0.3 is 0 Å². The van der Waals surface area contributed by atoms with E-state index in [0.29, 0.717) is 12.1 Å². The normalized spacial score (nSPS) is 10.5. The summed E-state index contributed by atoms with van der Waals surface area (Å²) in [6.45, 7) is -0.581. The average molecular weight is 302 g/mol. The summed E-state index contributed by atoms with van der Waals surface area (Å²) >= 11 is 0. The van der Waals surface area contributed by atoms with E-state index in [4.69, 9.17) is 4.74 Å². The van der Waals surface area contributed by atoms with Crippen LogP contribution < -0.4 is 4.74 Å². The molecule has 0 radical (unpaired) electrons. The van der Waals surface area contributed by atoms with Crippen LogP contribution in [0.25, 0.3) is 0 Å². The van der Waals surface area contributed by atoms with E-state index in [9.17, 15) is 26.7 Å². The Morgan fingerprint density at radius 2 is 1.38 bits per heavy atom. The molecular weight excluding hydrogens is 295 g/mol. The molecule has 2 rings (SSSR count). The van der Waals surface area contributed by atoms with E-state index >= 15 is 0 Å². The Kier molecular flexibility index (Phi) is 4.21. The van der Waals surface area contributed by atoms with Gasteiger partial charge in [-0.2, -0.15) is 0 Å². The largest absolute Gasteiger partial charge is 0.483 e.